The van der Waals surface area contributed by atoms with E-state index in [0.717, 1.165) is 17.1 Å². The van der Waals surface area contributed by atoms with Gasteiger partial charge in [0.25, 0.3) is 5.56 Å². The molecule has 0 bridgehead atoms. The fourth-order valence-electron chi connectivity index (χ4n) is 5.33. The molecule has 0 radical (unpaired) electrons. The van der Waals surface area contributed by atoms with Crippen LogP contribution in [0.4, 0.5) is 11.6 Å². The maximum absolute atomic E-state index is 13.3. The quantitative estimate of drug-likeness (QED) is 0.365. The predicted molar refractivity (Wildman–Crippen MR) is 149 cm³/mol. The van der Waals surface area contributed by atoms with Gasteiger partial charge in [0.2, 0.25) is 5.95 Å². The molecule has 8 nitrogen and oxygen atoms in total. The Hall–Kier alpha value is -3.78. The topological polar surface area (TPSA) is 89.7 Å². The number of fused-ring (bicyclic) bond motifs is 2. The Morgan fingerprint density at radius 1 is 1.05 bits per heavy atom. The summed E-state index contributed by atoms with van der Waals surface area (Å²) >= 11 is 0. The molecule has 4 aromatic rings. The van der Waals surface area contributed by atoms with Crippen LogP contribution in [0.2, 0.25) is 0 Å². The third-order valence-electron chi connectivity index (χ3n) is 6.98. The average Bonchev–Trinajstić information content (AvgIpc) is 3.19. The van der Waals surface area contributed by atoms with Crippen molar-refractivity contribution in [3.8, 4) is 5.69 Å². The van der Waals surface area contributed by atoms with Crippen molar-refractivity contribution in [1.82, 2.24) is 29.6 Å². The van der Waals surface area contributed by atoms with Gasteiger partial charge in [0, 0.05) is 40.3 Å². The lowest BCUT2D eigenvalue weighted by atomic mass is 9.90. The first-order valence-corrected chi connectivity index (χ1v) is 12.6. The van der Waals surface area contributed by atoms with Gasteiger partial charge >= 0.3 is 0 Å². The molecule has 1 aromatic carbocycles. The number of nitrogens with zero attached hydrogens (tertiary/aromatic N) is 5. The summed E-state index contributed by atoms with van der Waals surface area (Å²) in [5, 5.41) is 7.50. The van der Waals surface area contributed by atoms with Crippen LogP contribution in [-0.2, 0) is 23.0 Å². The van der Waals surface area contributed by atoms with Crippen molar-refractivity contribution in [2.45, 2.75) is 71.5 Å². The van der Waals surface area contributed by atoms with Crippen LogP contribution in [0.15, 0.2) is 60.2 Å². The molecular formula is C29H35N7O. The molecule has 1 aliphatic heterocycles. The van der Waals surface area contributed by atoms with Crippen LogP contribution in [0.25, 0.3) is 16.7 Å². The molecule has 8 heteroatoms. The highest BCUT2D eigenvalue weighted by Crippen LogP contribution is 2.42. The molecule has 0 saturated carbocycles. The van der Waals surface area contributed by atoms with Crippen LogP contribution in [0.1, 0.15) is 65.3 Å². The van der Waals surface area contributed by atoms with Crippen molar-refractivity contribution in [3.05, 3.63) is 82.6 Å². The summed E-state index contributed by atoms with van der Waals surface area (Å²) in [6.07, 6.45) is 5.07. The van der Waals surface area contributed by atoms with Gasteiger partial charge in [0.15, 0.2) is 5.65 Å². The second kappa shape index (κ2) is 8.38. The Balaban J connectivity index is 1.62. The molecule has 5 rings (SSSR count). The van der Waals surface area contributed by atoms with Crippen molar-refractivity contribution in [2.24, 2.45) is 0 Å². The first-order chi connectivity index (χ1) is 17.3. The summed E-state index contributed by atoms with van der Waals surface area (Å²) < 4.78 is 3.46. The second-order valence-corrected chi connectivity index (χ2v) is 11.8. The van der Waals surface area contributed by atoms with Crippen molar-refractivity contribution in [1.29, 1.82) is 0 Å². The Labute approximate surface area is 217 Å². The van der Waals surface area contributed by atoms with E-state index in [1.54, 1.807) is 23.2 Å². The summed E-state index contributed by atoms with van der Waals surface area (Å²) in [5.74, 6) is 0.421. The summed E-state index contributed by atoms with van der Waals surface area (Å²) in [4.78, 5) is 27.1. The number of hydrogen-bond donors (Lipinski definition) is 2. The smallest absolute Gasteiger partial charge is 0.278 e. The number of nitrogens with one attached hydrogen (secondary N) is 2. The molecule has 0 unspecified atom stereocenters. The number of allylic oxidation sites excluding steroid dienone is 1. The highest BCUT2D eigenvalue weighted by Gasteiger charge is 2.41. The Morgan fingerprint density at radius 2 is 1.78 bits per heavy atom. The average molecular weight is 498 g/mol. The molecule has 0 amide bonds. The standard InChI is InChI=1S/C29H35N7O/c1-9-14-35-25(37)20-17-31-26(32-18-10-11-21-22(15-18)29(7,8)34-28(21,5)6)33-24(20)36(35)19-12-13-30-23(16-19)27(2,3)4/h9-13,15-17,34H,1,14H2,2-8H3,(H,31,32,33). The number of aromatic nitrogens is 5. The summed E-state index contributed by atoms with van der Waals surface area (Å²) in [7, 11) is 0. The zero-order valence-corrected chi connectivity index (χ0v) is 22.7. The summed E-state index contributed by atoms with van der Waals surface area (Å²) in [6, 6.07) is 10.2. The minimum Gasteiger partial charge on any atom is -0.324 e. The lowest BCUT2D eigenvalue weighted by Crippen LogP contribution is -2.39. The van der Waals surface area contributed by atoms with Crippen LogP contribution >= 0.6 is 0 Å². The van der Waals surface area contributed by atoms with Gasteiger partial charge in [-0.1, -0.05) is 32.9 Å². The number of hydrogen-bond acceptors (Lipinski definition) is 6. The molecule has 0 spiro atoms. The van der Waals surface area contributed by atoms with E-state index in [1.165, 1.54) is 11.1 Å². The normalized spacial score (nSPS) is 16.1. The molecule has 192 valence electrons. The second-order valence-electron chi connectivity index (χ2n) is 11.8. The molecule has 2 N–H and O–H groups in total. The van der Waals surface area contributed by atoms with Crippen molar-refractivity contribution in [2.75, 3.05) is 5.32 Å². The van der Waals surface area contributed by atoms with Gasteiger partial charge < -0.3 is 5.32 Å². The number of rotatable bonds is 5. The van der Waals surface area contributed by atoms with Crippen LogP contribution in [0.5, 0.6) is 0 Å². The zero-order valence-electron chi connectivity index (χ0n) is 22.7. The molecule has 4 heterocycles. The van der Waals surface area contributed by atoms with E-state index >= 15 is 0 Å². The lowest BCUT2D eigenvalue weighted by Gasteiger charge is -2.25. The number of benzene rings is 1. The Morgan fingerprint density at radius 3 is 2.49 bits per heavy atom. The van der Waals surface area contributed by atoms with Crippen LogP contribution in [0.3, 0.4) is 0 Å². The van der Waals surface area contributed by atoms with E-state index in [0.29, 0.717) is 23.5 Å². The third-order valence-corrected chi connectivity index (χ3v) is 6.98. The van der Waals surface area contributed by atoms with Crippen LogP contribution in [-0.4, -0.2) is 24.3 Å². The van der Waals surface area contributed by atoms with Crippen molar-refractivity contribution < 1.29 is 0 Å². The highest BCUT2D eigenvalue weighted by atomic mass is 16.1. The van der Waals surface area contributed by atoms with Gasteiger partial charge in [-0.3, -0.25) is 15.1 Å². The largest absolute Gasteiger partial charge is 0.324 e. The van der Waals surface area contributed by atoms with Crippen LogP contribution < -0.4 is 16.2 Å². The van der Waals surface area contributed by atoms with E-state index in [9.17, 15) is 4.79 Å². The van der Waals surface area contributed by atoms with Crippen molar-refractivity contribution in [3.63, 3.8) is 0 Å². The van der Waals surface area contributed by atoms with Crippen molar-refractivity contribution >= 4 is 22.7 Å². The molecule has 0 fully saturated rings. The zero-order chi connectivity index (χ0) is 26.8. The van der Waals surface area contributed by atoms with E-state index in [1.807, 2.05) is 22.9 Å². The fourth-order valence-corrected chi connectivity index (χ4v) is 5.33. The molecule has 0 aliphatic carbocycles. The molecule has 37 heavy (non-hydrogen) atoms. The maximum atomic E-state index is 13.3. The first kappa shape index (κ1) is 24.9. The van der Waals surface area contributed by atoms with Gasteiger partial charge in [0.1, 0.15) is 5.39 Å². The van der Waals surface area contributed by atoms with Gasteiger partial charge in [-0.25, -0.2) is 14.3 Å². The van der Waals surface area contributed by atoms with E-state index < -0.39 is 0 Å². The number of anilines is 2. The van der Waals surface area contributed by atoms with E-state index in [-0.39, 0.29) is 22.1 Å². The highest BCUT2D eigenvalue weighted by molar-refractivity contribution is 5.77. The monoisotopic (exact) mass is 497 g/mol. The third kappa shape index (κ3) is 4.25. The fraction of sp³-hybridized carbons (Fsp3) is 0.379. The maximum Gasteiger partial charge on any atom is 0.278 e. The SMILES string of the molecule is C=CCn1c(=O)c2cnc(Nc3ccc4c(c3)C(C)(C)NC4(C)C)nc2n1-c1ccnc(C(C)(C)C)c1. The Kier molecular flexibility index (Phi) is 5.64. The first-order valence-electron chi connectivity index (χ1n) is 12.6. The predicted octanol–water partition coefficient (Wildman–Crippen LogP) is 5.28. The molecule has 3 aromatic heterocycles. The minimum atomic E-state index is -0.164. The Bertz CT molecular complexity index is 1580. The van der Waals surface area contributed by atoms with Gasteiger partial charge in [-0.2, -0.15) is 4.98 Å². The minimum absolute atomic E-state index is 0.104. The van der Waals surface area contributed by atoms with Gasteiger partial charge in [0.05, 0.1) is 12.2 Å². The van der Waals surface area contributed by atoms with E-state index in [2.05, 4.69) is 87.8 Å². The van der Waals surface area contributed by atoms with E-state index in [4.69, 9.17) is 4.98 Å². The molecule has 1 aliphatic rings. The number of pyridine rings is 1. The summed E-state index contributed by atoms with van der Waals surface area (Å²) in [5.41, 5.74) is 5.11. The summed E-state index contributed by atoms with van der Waals surface area (Å²) in [6.45, 7) is 19.3. The molecular weight excluding hydrogens is 462 g/mol. The van der Waals surface area contributed by atoms with Crippen LogP contribution in [0, 0.1) is 0 Å². The molecule has 0 saturated heterocycles. The van der Waals surface area contributed by atoms with Gasteiger partial charge in [-0.15, -0.1) is 6.58 Å². The van der Waals surface area contributed by atoms with Gasteiger partial charge in [-0.05, 0) is 63.1 Å². The molecule has 0 atom stereocenters. The lowest BCUT2D eigenvalue weighted by molar-refractivity contribution is 0.319.